The summed E-state index contributed by atoms with van der Waals surface area (Å²) in [5.74, 6) is 2.50. The number of para-hydroxylation sites is 2. The minimum Gasteiger partial charge on any atom is -0.493 e. The zero-order chi connectivity index (χ0) is 20.8. The van der Waals surface area contributed by atoms with Gasteiger partial charge in [0.15, 0.2) is 5.16 Å². The molecular weight excluding hydrogens is 416 g/mol. The van der Waals surface area contributed by atoms with Crippen LogP contribution in [-0.4, -0.2) is 28.5 Å². The average molecular weight is 439 g/mol. The summed E-state index contributed by atoms with van der Waals surface area (Å²) in [6.45, 7) is 3.98. The van der Waals surface area contributed by atoms with E-state index in [1.807, 2.05) is 54.6 Å². The summed E-state index contributed by atoms with van der Waals surface area (Å²) in [6, 6.07) is 23.7. The van der Waals surface area contributed by atoms with Gasteiger partial charge >= 0.3 is 0 Å². The van der Waals surface area contributed by atoms with Crippen LogP contribution in [0.2, 0.25) is 5.02 Å². The topological polar surface area (TPSA) is 36.3 Å². The zero-order valence-electron chi connectivity index (χ0n) is 16.8. The van der Waals surface area contributed by atoms with Crippen molar-refractivity contribution in [3.8, 4) is 11.5 Å². The summed E-state index contributed by atoms with van der Waals surface area (Å²) in [4.78, 5) is 4.80. The van der Waals surface area contributed by atoms with E-state index in [1.54, 1.807) is 11.8 Å². The minimum absolute atomic E-state index is 0.582. The third-order valence-corrected chi connectivity index (χ3v) is 5.81. The molecule has 0 aliphatic heterocycles. The van der Waals surface area contributed by atoms with Crippen molar-refractivity contribution in [2.45, 2.75) is 18.6 Å². The third-order valence-electron chi connectivity index (χ3n) is 4.62. The second-order valence-electron chi connectivity index (χ2n) is 6.85. The van der Waals surface area contributed by atoms with Crippen molar-refractivity contribution in [3.63, 3.8) is 0 Å². The van der Waals surface area contributed by atoms with E-state index in [4.69, 9.17) is 26.1 Å². The molecule has 4 aromatic rings. The number of halogens is 1. The van der Waals surface area contributed by atoms with Crippen LogP contribution in [0.1, 0.15) is 5.56 Å². The molecular formula is C24H23ClN2O2S. The van der Waals surface area contributed by atoms with Crippen molar-refractivity contribution < 1.29 is 9.47 Å². The van der Waals surface area contributed by atoms with Crippen molar-refractivity contribution in [2.75, 3.05) is 19.0 Å². The number of ether oxygens (including phenoxy) is 2. The van der Waals surface area contributed by atoms with Crippen molar-refractivity contribution in [1.29, 1.82) is 0 Å². The van der Waals surface area contributed by atoms with Gasteiger partial charge in [-0.15, -0.1) is 0 Å². The Morgan fingerprint density at radius 2 is 1.53 bits per heavy atom. The van der Waals surface area contributed by atoms with Gasteiger partial charge < -0.3 is 14.0 Å². The molecule has 3 aromatic carbocycles. The number of hydrogen-bond acceptors (Lipinski definition) is 4. The molecule has 0 bridgehead atoms. The largest absolute Gasteiger partial charge is 0.493 e. The molecule has 0 spiro atoms. The van der Waals surface area contributed by atoms with E-state index >= 15 is 0 Å². The summed E-state index contributed by atoms with van der Waals surface area (Å²) in [5.41, 5.74) is 3.34. The lowest BCUT2D eigenvalue weighted by atomic mass is 10.2. The molecule has 0 amide bonds. The molecule has 0 radical (unpaired) electrons. The highest BCUT2D eigenvalue weighted by atomic mass is 35.5. The molecule has 0 atom stereocenters. The SMILES string of the molecule is Cc1ccc(OCCn2c(SCCOc3ccc(Cl)cc3)nc3ccccc32)cc1. The Kier molecular flexibility index (Phi) is 6.82. The number of thioether (sulfide) groups is 1. The average Bonchev–Trinajstić information content (AvgIpc) is 3.11. The van der Waals surface area contributed by atoms with Gasteiger partial charge in [0.25, 0.3) is 0 Å². The Hall–Kier alpha value is -2.63. The van der Waals surface area contributed by atoms with E-state index in [9.17, 15) is 0 Å². The lowest BCUT2D eigenvalue weighted by molar-refractivity contribution is 0.295. The van der Waals surface area contributed by atoms with Crippen LogP contribution in [0.4, 0.5) is 0 Å². The fourth-order valence-electron chi connectivity index (χ4n) is 3.09. The molecule has 0 saturated heterocycles. The van der Waals surface area contributed by atoms with E-state index in [1.165, 1.54) is 5.56 Å². The molecule has 154 valence electrons. The molecule has 6 heteroatoms. The van der Waals surface area contributed by atoms with E-state index in [2.05, 4.69) is 29.7 Å². The van der Waals surface area contributed by atoms with Crippen molar-refractivity contribution in [2.24, 2.45) is 0 Å². The maximum absolute atomic E-state index is 5.94. The Bertz CT molecular complexity index is 1090. The Labute approximate surface area is 185 Å². The van der Waals surface area contributed by atoms with Gasteiger partial charge in [-0.2, -0.15) is 0 Å². The van der Waals surface area contributed by atoms with Crippen LogP contribution < -0.4 is 9.47 Å². The molecule has 0 fully saturated rings. The van der Waals surface area contributed by atoms with Gasteiger partial charge in [0.05, 0.1) is 24.2 Å². The summed E-state index contributed by atoms with van der Waals surface area (Å²) in [6.07, 6.45) is 0. The summed E-state index contributed by atoms with van der Waals surface area (Å²) >= 11 is 7.60. The molecule has 0 aliphatic carbocycles. The normalized spacial score (nSPS) is 11.0. The quantitative estimate of drug-likeness (QED) is 0.228. The van der Waals surface area contributed by atoms with Gasteiger partial charge in [-0.1, -0.05) is 53.2 Å². The molecule has 4 nitrogen and oxygen atoms in total. The monoisotopic (exact) mass is 438 g/mol. The molecule has 1 heterocycles. The molecule has 0 unspecified atom stereocenters. The second kappa shape index (κ2) is 9.92. The molecule has 0 saturated carbocycles. The van der Waals surface area contributed by atoms with Crippen LogP contribution in [0, 0.1) is 6.92 Å². The number of fused-ring (bicyclic) bond motifs is 1. The minimum atomic E-state index is 0.582. The van der Waals surface area contributed by atoms with Crippen LogP contribution in [-0.2, 0) is 6.54 Å². The zero-order valence-corrected chi connectivity index (χ0v) is 18.3. The number of aryl methyl sites for hydroxylation is 1. The number of nitrogens with zero attached hydrogens (tertiary/aromatic N) is 2. The highest BCUT2D eigenvalue weighted by molar-refractivity contribution is 7.99. The van der Waals surface area contributed by atoms with Gasteiger partial charge in [-0.25, -0.2) is 4.98 Å². The molecule has 0 N–H and O–H groups in total. The number of hydrogen-bond donors (Lipinski definition) is 0. The number of imidazole rings is 1. The van der Waals surface area contributed by atoms with Gasteiger partial charge in [0, 0.05) is 10.8 Å². The van der Waals surface area contributed by atoms with E-state index < -0.39 is 0 Å². The van der Waals surface area contributed by atoms with E-state index in [0.717, 1.165) is 40.0 Å². The van der Waals surface area contributed by atoms with Gasteiger partial charge in [0.2, 0.25) is 0 Å². The fourth-order valence-corrected chi connectivity index (χ4v) is 4.08. The van der Waals surface area contributed by atoms with Crippen LogP contribution in [0.3, 0.4) is 0 Å². The van der Waals surface area contributed by atoms with Gasteiger partial charge in [0.1, 0.15) is 18.1 Å². The Balaban J connectivity index is 1.38. The standard InChI is InChI=1S/C24H23ClN2O2S/c1-18-6-10-20(11-7-18)28-15-14-27-23-5-3-2-4-22(23)26-24(27)30-17-16-29-21-12-8-19(25)9-13-21/h2-13H,14-17H2,1H3. The summed E-state index contributed by atoms with van der Waals surface area (Å²) < 4.78 is 14.0. The smallest absolute Gasteiger partial charge is 0.169 e. The number of benzene rings is 3. The predicted molar refractivity (Wildman–Crippen MR) is 124 cm³/mol. The van der Waals surface area contributed by atoms with Crippen molar-refractivity contribution in [3.05, 3.63) is 83.4 Å². The van der Waals surface area contributed by atoms with Crippen LogP contribution in [0.15, 0.2) is 78.0 Å². The van der Waals surface area contributed by atoms with Crippen molar-refractivity contribution in [1.82, 2.24) is 9.55 Å². The predicted octanol–water partition coefficient (Wildman–Crippen LogP) is 6.25. The first-order valence-corrected chi connectivity index (χ1v) is 11.2. The first-order valence-electron chi connectivity index (χ1n) is 9.85. The Morgan fingerprint density at radius 3 is 2.30 bits per heavy atom. The third kappa shape index (κ3) is 5.29. The highest BCUT2D eigenvalue weighted by Gasteiger charge is 2.11. The lowest BCUT2D eigenvalue weighted by Gasteiger charge is -2.11. The first-order chi connectivity index (χ1) is 14.7. The maximum Gasteiger partial charge on any atom is 0.169 e. The number of aromatic nitrogens is 2. The van der Waals surface area contributed by atoms with Gasteiger partial charge in [-0.05, 0) is 55.5 Å². The van der Waals surface area contributed by atoms with Gasteiger partial charge in [-0.3, -0.25) is 0 Å². The van der Waals surface area contributed by atoms with Crippen LogP contribution >= 0.6 is 23.4 Å². The Morgan fingerprint density at radius 1 is 0.867 bits per heavy atom. The molecule has 1 aromatic heterocycles. The highest BCUT2D eigenvalue weighted by Crippen LogP contribution is 2.24. The van der Waals surface area contributed by atoms with Crippen LogP contribution in [0.25, 0.3) is 11.0 Å². The van der Waals surface area contributed by atoms with Crippen LogP contribution in [0.5, 0.6) is 11.5 Å². The lowest BCUT2D eigenvalue weighted by Crippen LogP contribution is -2.10. The van der Waals surface area contributed by atoms with E-state index in [0.29, 0.717) is 18.2 Å². The summed E-state index contributed by atoms with van der Waals surface area (Å²) in [5, 5.41) is 1.68. The molecule has 4 rings (SSSR count). The maximum atomic E-state index is 5.94. The van der Waals surface area contributed by atoms with Crippen molar-refractivity contribution >= 4 is 34.4 Å². The molecule has 30 heavy (non-hydrogen) atoms. The first kappa shape index (κ1) is 20.6. The second-order valence-corrected chi connectivity index (χ2v) is 8.35. The van der Waals surface area contributed by atoms with E-state index in [-0.39, 0.29) is 0 Å². The summed E-state index contributed by atoms with van der Waals surface area (Å²) in [7, 11) is 0. The molecule has 0 aliphatic rings. The fraction of sp³-hybridized carbons (Fsp3) is 0.208. The number of rotatable bonds is 9.